The van der Waals surface area contributed by atoms with Crippen molar-refractivity contribution in [3.05, 3.63) is 42.1 Å². The van der Waals surface area contributed by atoms with Gasteiger partial charge in [0, 0.05) is 71.7 Å². The molecule has 3 aliphatic rings. The molecule has 4 atom stereocenters. The molecule has 9 nitrogen and oxygen atoms in total. The van der Waals surface area contributed by atoms with Crippen LogP contribution in [0.25, 0.3) is 33.6 Å². The molecule has 1 amide bonds. The minimum absolute atomic E-state index is 0.0179. The number of amides is 1. The van der Waals surface area contributed by atoms with Crippen LogP contribution in [-0.4, -0.2) is 71.9 Å². The van der Waals surface area contributed by atoms with E-state index >= 15 is 0 Å². The molecule has 2 bridgehead atoms. The van der Waals surface area contributed by atoms with Gasteiger partial charge in [0.1, 0.15) is 16.9 Å². The molecule has 1 aromatic carbocycles. The maximum absolute atomic E-state index is 13.7. The summed E-state index contributed by atoms with van der Waals surface area (Å²) >= 11 is 0. The number of pyridine rings is 1. The smallest absolute Gasteiger partial charge is 0.254 e. The fourth-order valence-corrected chi connectivity index (χ4v) is 7.05. The van der Waals surface area contributed by atoms with Gasteiger partial charge in [-0.2, -0.15) is 0 Å². The first-order valence-electron chi connectivity index (χ1n) is 13.8. The zero-order valence-electron chi connectivity index (χ0n) is 22.4. The number of carbonyl (C=O) groups excluding carboxylic acids is 1. The average Bonchev–Trinajstić information content (AvgIpc) is 3.29. The molecule has 0 spiro atoms. The summed E-state index contributed by atoms with van der Waals surface area (Å²) in [5, 5.41) is 1.06. The van der Waals surface area contributed by atoms with Crippen molar-refractivity contribution in [2.75, 3.05) is 25.7 Å². The van der Waals surface area contributed by atoms with Crippen LogP contribution < -0.4 is 10.5 Å². The predicted octanol–water partition coefficient (Wildman–Crippen LogP) is 3.41. The van der Waals surface area contributed by atoms with E-state index in [4.69, 9.17) is 20.4 Å². The van der Waals surface area contributed by atoms with Gasteiger partial charge in [-0.1, -0.05) is 0 Å². The molecule has 1 saturated heterocycles. The van der Waals surface area contributed by atoms with Gasteiger partial charge in [-0.25, -0.2) is 9.97 Å². The highest BCUT2D eigenvalue weighted by Crippen LogP contribution is 2.40. The van der Waals surface area contributed by atoms with Gasteiger partial charge >= 0.3 is 0 Å². The molecule has 2 N–H and O–H groups in total. The number of carbonyl (C=O) groups is 1. The van der Waals surface area contributed by atoms with Crippen molar-refractivity contribution in [1.82, 2.24) is 24.0 Å². The monoisotopic (exact) mass is 546 g/mol. The van der Waals surface area contributed by atoms with Crippen LogP contribution in [0.3, 0.4) is 0 Å². The Morgan fingerprint density at radius 1 is 1.18 bits per heavy atom. The van der Waals surface area contributed by atoms with Crippen molar-refractivity contribution in [2.45, 2.75) is 50.9 Å². The lowest BCUT2D eigenvalue weighted by Crippen LogP contribution is -2.41. The van der Waals surface area contributed by atoms with E-state index in [1.807, 2.05) is 29.3 Å². The summed E-state index contributed by atoms with van der Waals surface area (Å²) in [4.78, 5) is 25.5. The first-order chi connectivity index (χ1) is 18.9. The number of benzene rings is 1. The Balaban J connectivity index is 1.39. The second-order valence-corrected chi connectivity index (χ2v) is 12.9. The van der Waals surface area contributed by atoms with Crippen LogP contribution in [0, 0.1) is 11.8 Å². The predicted molar refractivity (Wildman–Crippen MR) is 152 cm³/mol. The Morgan fingerprint density at radius 2 is 2.03 bits per heavy atom. The van der Waals surface area contributed by atoms with E-state index in [0.29, 0.717) is 47.5 Å². The molecular weight excluding hydrogens is 512 g/mol. The molecule has 3 aromatic heterocycles. The highest BCUT2D eigenvalue weighted by atomic mass is 32.2. The Kier molecular flexibility index (Phi) is 6.00. The second kappa shape index (κ2) is 9.45. The summed E-state index contributed by atoms with van der Waals surface area (Å²) < 4.78 is 22.4. The lowest BCUT2D eigenvalue weighted by atomic mass is 10.1. The van der Waals surface area contributed by atoms with Crippen LogP contribution in [-0.2, 0) is 23.9 Å². The van der Waals surface area contributed by atoms with Crippen LogP contribution in [0.2, 0.25) is 0 Å². The van der Waals surface area contributed by atoms with E-state index in [0.717, 1.165) is 47.5 Å². The molecule has 2 saturated carbocycles. The van der Waals surface area contributed by atoms with E-state index in [-0.39, 0.29) is 18.0 Å². The standard InChI is InChI=1S/C29H34N6O3S/c1-38-24-14-20(29(36)35-16-19-7-8-22(35)25(19)30)12-21-26(24)33(10-11-39(2)37)28(32-21)23-13-18-4-3-9-31-27(18)34(23)15-17-5-6-17/h3-4,9,12-14,17,19,22,25H,5-8,10-11,15-16,30H2,1-2H3/t19-,22-,25-,39+/m1/s1. The van der Waals surface area contributed by atoms with Gasteiger partial charge < -0.3 is 24.5 Å². The summed E-state index contributed by atoms with van der Waals surface area (Å²) in [6, 6.07) is 10.0. The number of hydrogen-bond acceptors (Lipinski definition) is 6. The average molecular weight is 547 g/mol. The largest absolute Gasteiger partial charge is 0.494 e. The first-order valence-corrected chi connectivity index (χ1v) is 15.5. The lowest BCUT2D eigenvalue weighted by Gasteiger charge is -2.27. The molecule has 7 rings (SSSR count). The highest BCUT2D eigenvalue weighted by Gasteiger charge is 2.47. The van der Waals surface area contributed by atoms with Crippen LogP contribution in [0.15, 0.2) is 36.5 Å². The zero-order chi connectivity index (χ0) is 26.8. The number of aromatic nitrogens is 4. The van der Waals surface area contributed by atoms with Gasteiger partial charge in [-0.3, -0.25) is 9.00 Å². The van der Waals surface area contributed by atoms with Gasteiger partial charge in [-0.15, -0.1) is 0 Å². The van der Waals surface area contributed by atoms with E-state index in [1.54, 1.807) is 13.4 Å². The van der Waals surface area contributed by atoms with E-state index < -0.39 is 10.8 Å². The van der Waals surface area contributed by atoms with Crippen molar-refractivity contribution in [3.63, 3.8) is 0 Å². The van der Waals surface area contributed by atoms with Crippen molar-refractivity contribution < 1.29 is 13.7 Å². The van der Waals surface area contributed by atoms with Crippen molar-refractivity contribution in [1.29, 1.82) is 0 Å². The topological polar surface area (TPSA) is 108 Å². The SMILES string of the molecule is COc1cc(C(=O)N2C[C@H]3CC[C@@H]2[C@@H]3N)cc2nc(-c3cc4cccnc4n3CC3CC3)n(CC[S@](C)=O)c12. The second-order valence-electron chi connectivity index (χ2n) is 11.4. The van der Waals surface area contributed by atoms with Gasteiger partial charge in [-0.05, 0) is 67.9 Å². The number of methoxy groups -OCH3 is 1. The Labute approximate surface area is 229 Å². The van der Waals surface area contributed by atoms with Crippen molar-refractivity contribution in [3.8, 4) is 17.3 Å². The summed E-state index contributed by atoms with van der Waals surface area (Å²) in [5.74, 6) is 2.86. The number of imidazole rings is 1. The number of hydrogen-bond donors (Lipinski definition) is 1. The fraction of sp³-hybridized carbons (Fsp3) is 0.483. The Morgan fingerprint density at radius 3 is 2.72 bits per heavy atom. The zero-order valence-corrected chi connectivity index (χ0v) is 23.2. The van der Waals surface area contributed by atoms with E-state index in [1.165, 1.54) is 12.8 Å². The number of nitrogens with zero attached hydrogens (tertiary/aromatic N) is 5. The number of piperidine rings is 1. The number of nitrogens with two attached hydrogens (primary N) is 1. The third kappa shape index (κ3) is 4.15. The van der Waals surface area contributed by atoms with Gasteiger partial charge in [0.2, 0.25) is 0 Å². The molecule has 4 heterocycles. The quantitative estimate of drug-likeness (QED) is 0.363. The van der Waals surface area contributed by atoms with Crippen LogP contribution in [0.5, 0.6) is 5.75 Å². The lowest BCUT2D eigenvalue weighted by molar-refractivity contribution is 0.0700. The van der Waals surface area contributed by atoms with Crippen LogP contribution in [0.1, 0.15) is 36.0 Å². The molecule has 2 aliphatic carbocycles. The van der Waals surface area contributed by atoms with E-state index in [2.05, 4.69) is 21.3 Å². The van der Waals surface area contributed by atoms with Crippen molar-refractivity contribution >= 4 is 38.8 Å². The minimum Gasteiger partial charge on any atom is -0.494 e. The molecule has 0 radical (unpaired) electrons. The van der Waals surface area contributed by atoms with Gasteiger partial charge in [0.25, 0.3) is 5.91 Å². The van der Waals surface area contributed by atoms with Gasteiger partial charge in [0.05, 0.1) is 18.3 Å². The molecule has 10 heteroatoms. The number of fused-ring (bicyclic) bond motifs is 4. The first kappa shape index (κ1) is 24.8. The number of rotatable bonds is 8. The van der Waals surface area contributed by atoms with Crippen LogP contribution in [0.4, 0.5) is 0 Å². The van der Waals surface area contributed by atoms with Gasteiger partial charge in [0.15, 0.2) is 5.82 Å². The molecule has 204 valence electrons. The third-order valence-corrected chi connectivity index (χ3v) is 9.57. The molecular formula is C29H34N6O3S. The summed E-state index contributed by atoms with van der Waals surface area (Å²) in [6.45, 7) is 2.11. The van der Waals surface area contributed by atoms with Crippen molar-refractivity contribution in [2.24, 2.45) is 17.6 Å². The fourth-order valence-electron chi connectivity index (χ4n) is 6.61. The van der Waals surface area contributed by atoms with E-state index in [9.17, 15) is 9.00 Å². The summed E-state index contributed by atoms with van der Waals surface area (Å²) in [6.07, 6.45) is 8.04. The highest BCUT2D eigenvalue weighted by molar-refractivity contribution is 7.84. The number of likely N-dealkylation sites (tertiary alicyclic amines) is 1. The molecule has 39 heavy (non-hydrogen) atoms. The number of aryl methyl sites for hydroxylation is 1. The Hall–Kier alpha value is -3.24. The maximum atomic E-state index is 13.7. The Bertz CT molecular complexity index is 1620. The number of ether oxygens (including phenoxy) is 1. The molecule has 1 aliphatic heterocycles. The normalized spacial score (nSPS) is 23.3. The minimum atomic E-state index is -0.985. The molecule has 4 aromatic rings. The molecule has 3 fully saturated rings. The molecule has 0 unspecified atom stereocenters. The summed E-state index contributed by atoms with van der Waals surface area (Å²) in [7, 11) is 0.640. The summed E-state index contributed by atoms with van der Waals surface area (Å²) in [5.41, 5.74) is 10.4. The van der Waals surface area contributed by atoms with Crippen LogP contribution >= 0.6 is 0 Å². The maximum Gasteiger partial charge on any atom is 0.254 e. The third-order valence-electron chi connectivity index (χ3n) is 8.81.